The smallest absolute Gasteiger partial charge is 0.347 e. The summed E-state index contributed by atoms with van der Waals surface area (Å²) >= 11 is 1.38. The van der Waals surface area contributed by atoms with Gasteiger partial charge in [0.05, 0.1) is 22.3 Å². The molecule has 1 unspecified atom stereocenters. The molecular formula is C22H25F3N4OS. The summed E-state index contributed by atoms with van der Waals surface area (Å²) in [5, 5.41) is 7.08. The van der Waals surface area contributed by atoms with E-state index in [2.05, 4.69) is 10.4 Å². The SMILES string of the molecule is CCc1sc(C(=O)NC(CN)Cc2ccccc2C(F)(F)F)cc1-c1c(C)cnn1C. The molecule has 31 heavy (non-hydrogen) atoms. The van der Waals surface area contributed by atoms with E-state index in [1.165, 1.54) is 23.5 Å². The van der Waals surface area contributed by atoms with Crippen molar-refractivity contribution in [2.45, 2.75) is 38.9 Å². The van der Waals surface area contributed by atoms with Crippen LogP contribution >= 0.6 is 11.3 Å². The Bertz CT molecular complexity index is 1050. The first kappa shape index (κ1) is 23.0. The van der Waals surface area contributed by atoms with Crippen molar-refractivity contribution in [3.63, 3.8) is 0 Å². The van der Waals surface area contributed by atoms with Gasteiger partial charge in [0.15, 0.2) is 0 Å². The van der Waals surface area contributed by atoms with Crippen LogP contribution in [0.2, 0.25) is 0 Å². The lowest BCUT2D eigenvalue weighted by Gasteiger charge is -2.19. The second kappa shape index (κ2) is 9.23. The highest BCUT2D eigenvalue weighted by Crippen LogP contribution is 2.34. The number of halogens is 3. The summed E-state index contributed by atoms with van der Waals surface area (Å²) in [5.41, 5.74) is 8.08. The molecule has 2 heterocycles. The van der Waals surface area contributed by atoms with E-state index in [-0.39, 0.29) is 24.4 Å². The number of nitrogens with zero attached hydrogens (tertiary/aromatic N) is 2. The molecule has 0 aliphatic rings. The summed E-state index contributed by atoms with van der Waals surface area (Å²) in [4.78, 5) is 14.4. The minimum Gasteiger partial charge on any atom is -0.347 e. The summed E-state index contributed by atoms with van der Waals surface area (Å²) in [7, 11) is 1.85. The molecule has 0 spiro atoms. The molecule has 0 aliphatic carbocycles. The maximum atomic E-state index is 13.3. The molecule has 166 valence electrons. The topological polar surface area (TPSA) is 72.9 Å². The second-order valence-electron chi connectivity index (χ2n) is 7.37. The number of aryl methyl sites for hydroxylation is 3. The van der Waals surface area contributed by atoms with Crippen LogP contribution in [0, 0.1) is 6.92 Å². The fourth-order valence-electron chi connectivity index (χ4n) is 3.63. The molecule has 3 rings (SSSR count). The van der Waals surface area contributed by atoms with Crippen LogP contribution in [0.4, 0.5) is 13.2 Å². The predicted molar refractivity (Wildman–Crippen MR) is 116 cm³/mol. The Morgan fingerprint density at radius 1 is 1.32 bits per heavy atom. The van der Waals surface area contributed by atoms with Gasteiger partial charge in [-0.1, -0.05) is 25.1 Å². The Balaban J connectivity index is 1.83. The highest BCUT2D eigenvalue weighted by molar-refractivity contribution is 7.14. The number of thiophene rings is 1. The molecule has 9 heteroatoms. The van der Waals surface area contributed by atoms with Gasteiger partial charge >= 0.3 is 6.18 Å². The van der Waals surface area contributed by atoms with Crippen molar-refractivity contribution in [3.05, 3.63) is 63.0 Å². The van der Waals surface area contributed by atoms with Gasteiger partial charge in [-0.25, -0.2) is 0 Å². The summed E-state index contributed by atoms with van der Waals surface area (Å²) in [6.45, 7) is 4.00. The van der Waals surface area contributed by atoms with Gasteiger partial charge < -0.3 is 11.1 Å². The Kier molecular flexibility index (Phi) is 6.86. The zero-order valence-electron chi connectivity index (χ0n) is 17.6. The zero-order chi connectivity index (χ0) is 22.8. The number of aromatic nitrogens is 2. The van der Waals surface area contributed by atoms with Crippen molar-refractivity contribution < 1.29 is 18.0 Å². The van der Waals surface area contributed by atoms with Crippen LogP contribution < -0.4 is 11.1 Å². The highest BCUT2D eigenvalue weighted by Gasteiger charge is 2.33. The Labute approximate surface area is 183 Å². The van der Waals surface area contributed by atoms with E-state index in [0.717, 1.165) is 34.2 Å². The highest BCUT2D eigenvalue weighted by atomic mass is 32.1. The minimum atomic E-state index is -4.46. The maximum absolute atomic E-state index is 13.3. The molecule has 3 aromatic rings. The first-order valence-corrected chi connectivity index (χ1v) is 10.7. The van der Waals surface area contributed by atoms with Crippen LogP contribution in [0.25, 0.3) is 11.3 Å². The quantitative estimate of drug-likeness (QED) is 0.563. The van der Waals surface area contributed by atoms with E-state index in [9.17, 15) is 18.0 Å². The maximum Gasteiger partial charge on any atom is 0.416 e. The van der Waals surface area contributed by atoms with Crippen molar-refractivity contribution in [2.75, 3.05) is 6.54 Å². The second-order valence-corrected chi connectivity index (χ2v) is 8.50. The Hall–Kier alpha value is -2.65. The standard InChI is InChI=1S/C22H25F3N4OS/c1-4-18-16(20-13(2)12-27-29(20)3)10-19(31-18)21(30)28-15(11-26)9-14-7-5-6-8-17(14)22(23,24)25/h5-8,10,12,15H,4,9,11,26H2,1-3H3,(H,28,30). The molecule has 0 bridgehead atoms. The number of rotatable bonds is 7. The lowest BCUT2D eigenvalue weighted by atomic mass is 9.99. The van der Waals surface area contributed by atoms with Crippen LogP contribution in [-0.4, -0.2) is 28.3 Å². The summed E-state index contributed by atoms with van der Waals surface area (Å²) in [5.74, 6) is -0.342. The van der Waals surface area contributed by atoms with Crippen LogP contribution in [0.1, 0.15) is 38.2 Å². The monoisotopic (exact) mass is 450 g/mol. The lowest BCUT2D eigenvalue weighted by Crippen LogP contribution is -2.41. The number of nitrogens with one attached hydrogen (secondary N) is 1. The molecule has 1 amide bonds. The Morgan fingerprint density at radius 3 is 2.61 bits per heavy atom. The molecule has 0 radical (unpaired) electrons. The van der Waals surface area contributed by atoms with E-state index < -0.39 is 17.8 Å². The fraction of sp³-hybridized carbons (Fsp3) is 0.364. The number of carbonyl (C=O) groups is 1. The first-order chi connectivity index (χ1) is 14.7. The molecule has 2 aromatic heterocycles. The Morgan fingerprint density at radius 2 is 2.03 bits per heavy atom. The largest absolute Gasteiger partial charge is 0.416 e. The van der Waals surface area contributed by atoms with E-state index in [1.807, 2.05) is 27.0 Å². The minimum absolute atomic E-state index is 0.00235. The normalized spacial score (nSPS) is 12.7. The molecule has 5 nitrogen and oxygen atoms in total. The van der Waals surface area contributed by atoms with Crippen molar-refractivity contribution >= 4 is 17.2 Å². The van der Waals surface area contributed by atoms with Gasteiger partial charge in [-0.2, -0.15) is 18.3 Å². The van der Waals surface area contributed by atoms with Gasteiger partial charge in [0, 0.05) is 30.1 Å². The van der Waals surface area contributed by atoms with Gasteiger partial charge in [-0.15, -0.1) is 11.3 Å². The van der Waals surface area contributed by atoms with E-state index in [0.29, 0.717) is 4.88 Å². The summed E-state index contributed by atoms with van der Waals surface area (Å²) in [6, 6.07) is 6.56. The van der Waals surface area contributed by atoms with Gasteiger partial charge in [0.1, 0.15) is 0 Å². The van der Waals surface area contributed by atoms with E-state index in [1.54, 1.807) is 16.9 Å². The van der Waals surface area contributed by atoms with Crippen LogP contribution in [0.5, 0.6) is 0 Å². The molecule has 0 aliphatic heterocycles. The van der Waals surface area contributed by atoms with Crippen LogP contribution in [0.3, 0.4) is 0 Å². The summed E-state index contributed by atoms with van der Waals surface area (Å²) < 4.78 is 41.6. The van der Waals surface area contributed by atoms with E-state index in [4.69, 9.17) is 5.73 Å². The van der Waals surface area contributed by atoms with Crippen molar-refractivity contribution in [2.24, 2.45) is 12.8 Å². The van der Waals surface area contributed by atoms with Gasteiger partial charge in [-0.3, -0.25) is 9.48 Å². The third-order valence-electron chi connectivity index (χ3n) is 5.14. The number of hydrogen-bond donors (Lipinski definition) is 2. The number of alkyl halides is 3. The average molecular weight is 451 g/mol. The van der Waals surface area contributed by atoms with Gasteiger partial charge in [-0.05, 0) is 43.0 Å². The third kappa shape index (κ3) is 4.99. The molecule has 1 aromatic carbocycles. The molecule has 0 saturated carbocycles. The average Bonchev–Trinajstić information content (AvgIpc) is 3.29. The zero-order valence-corrected chi connectivity index (χ0v) is 18.4. The molecular weight excluding hydrogens is 425 g/mol. The van der Waals surface area contributed by atoms with Crippen LogP contribution in [0.15, 0.2) is 36.5 Å². The molecule has 3 N–H and O–H groups in total. The van der Waals surface area contributed by atoms with E-state index >= 15 is 0 Å². The van der Waals surface area contributed by atoms with Gasteiger partial charge in [0.2, 0.25) is 0 Å². The first-order valence-electron chi connectivity index (χ1n) is 9.93. The number of hydrogen-bond acceptors (Lipinski definition) is 4. The van der Waals surface area contributed by atoms with Gasteiger partial charge in [0.25, 0.3) is 5.91 Å². The lowest BCUT2D eigenvalue weighted by molar-refractivity contribution is -0.138. The summed E-state index contributed by atoms with van der Waals surface area (Å²) in [6.07, 6.45) is -1.94. The third-order valence-corrected chi connectivity index (χ3v) is 6.42. The number of benzene rings is 1. The van der Waals surface area contributed by atoms with Crippen molar-refractivity contribution in [1.82, 2.24) is 15.1 Å². The number of carbonyl (C=O) groups excluding carboxylic acids is 1. The van der Waals surface area contributed by atoms with Crippen molar-refractivity contribution in [1.29, 1.82) is 0 Å². The number of nitrogens with two attached hydrogens (primary N) is 1. The fourth-order valence-corrected chi connectivity index (χ4v) is 4.63. The molecule has 1 atom stereocenters. The molecule has 0 saturated heterocycles. The predicted octanol–water partition coefficient (Wildman–Crippen LogP) is 4.34. The van der Waals surface area contributed by atoms with Crippen LogP contribution in [-0.2, 0) is 26.1 Å². The number of amides is 1. The van der Waals surface area contributed by atoms with Crippen molar-refractivity contribution in [3.8, 4) is 11.3 Å². The molecule has 0 fully saturated rings.